The first-order valence-electron chi connectivity index (χ1n) is 11.7. The number of likely N-dealkylation sites (tertiary alicyclic amines) is 2. The van der Waals surface area contributed by atoms with Crippen LogP contribution in [0.3, 0.4) is 0 Å². The van der Waals surface area contributed by atoms with Crippen molar-refractivity contribution in [2.75, 3.05) is 26.2 Å². The minimum atomic E-state index is -0.0304. The maximum atomic E-state index is 13.4. The Kier molecular flexibility index (Phi) is 7.52. The van der Waals surface area contributed by atoms with Gasteiger partial charge in [-0.1, -0.05) is 34.9 Å². The Morgan fingerprint density at radius 2 is 1.91 bits per heavy atom. The number of piperidine rings is 2. The number of aromatic nitrogens is 2. The van der Waals surface area contributed by atoms with Crippen molar-refractivity contribution in [1.29, 1.82) is 0 Å². The molecule has 1 aromatic carbocycles. The van der Waals surface area contributed by atoms with Gasteiger partial charge in [-0.15, -0.1) is 0 Å². The summed E-state index contributed by atoms with van der Waals surface area (Å²) < 4.78 is 4.67. The molecule has 2 saturated heterocycles. The Labute approximate surface area is 189 Å². The zero-order valence-electron chi connectivity index (χ0n) is 18.9. The van der Waals surface area contributed by atoms with Crippen LogP contribution in [0.4, 0.5) is 0 Å². The molecule has 2 amide bonds. The van der Waals surface area contributed by atoms with E-state index in [-0.39, 0.29) is 17.7 Å². The van der Waals surface area contributed by atoms with Crippen LogP contribution >= 0.6 is 0 Å². The number of nitrogens with one attached hydrogen (secondary N) is 1. The summed E-state index contributed by atoms with van der Waals surface area (Å²) in [7, 11) is 0. The second kappa shape index (κ2) is 10.7. The summed E-state index contributed by atoms with van der Waals surface area (Å²) >= 11 is 0. The van der Waals surface area contributed by atoms with Crippen molar-refractivity contribution in [1.82, 2.24) is 25.4 Å². The number of hydrogen-bond acceptors (Lipinski definition) is 6. The topological polar surface area (TPSA) is 91.6 Å². The minimum Gasteiger partial charge on any atom is -0.350 e. The largest absolute Gasteiger partial charge is 0.350 e. The molecule has 0 saturated carbocycles. The first-order valence-corrected chi connectivity index (χ1v) is 11.7. The number of carbonyl (C=O) groups excluding carboxylic acids is 2. The SMILES string of the molecule is Cc1nonc1CNC(=O)CC1CCCN(C(=O)c2ccccc2CN2CCCCC2)C1. The van der Waals surface area contributed by atoms with Crippen molar-refractivity contribution in [2.24, 2.45) is 5.92 Å². The van der Waals surface area contributed by atoms with Gasteiger partial charge in [0.2, 0.25) is 5.91 Å². The van der Waals surface area contributed by atoms with Crippen molar-refractivity contribution in [3.63, 3.8) is 0 Å². The first kappa shape index (κ1) is 22.5. The summed E-state index contributed by atoms with van der Waals surface area (Å²) in [6, 6.07) is 8.00. The van der Waals surface area contributed by atoms with Gasteiger partial charge in [-0.25, -0.2) is 4.63 Å². The number of rotatable bonds is 7. The molecular formula is C24H33N5O3. The Bertz CT molecular complexity index is 922. The van der Waals surface area contributed by atoms with E-state index in [0.717, 1.165) is 50.1 Å². The van der Waals surface area contributed by atoms with E-state index in [1.165, 1.54) is 19.3 Å². The standard InChI is InChI=1S/C24H33N5O3/c1-18-22(27-32-26-18)15-25-23(30)14-19-8-7-13-29(16-19)24(31)21-10-4-3-9-20(21)17-28-11-5-2-6-12-28/h3-4,9-10,19H,2,5-8,11-17H2,1H3,(H,25,30). The van der Waals surface area contributed by atoms with E-state index in [2.05, 4.69) is 31.2 Å². The average Bonchev–Trinajstić information content (AvgIpc) is 3.23. The molecule has 1 aromatic heterocycles. The van der Waals surface area contributed by atoms with Gasteiger partial charge in [-0.3, -0.25) is 14.5 Å². The van der Waals surface area contributed by atoms with Crippen LogP contribution in [0.5, 0.6) is 0 Å². The van der Waals surface area contributed by atoms with Crippen molar-refractivity contribution in [2.45, 2.75) is 58.5 Å². The Morgan fingerprint density at radius 3 is 2.69 bits per heavy atom. The second-order valence-electron chi connectivity index (χ2n) is 9.03. The molecule has 1 N–H and O–H groups in total. The molecule has 4 rings (SSSR count). The molecule has 1 atom stereocenters. The third kappa shape index (κ3) is 5.73. The number of benzene rings is 1. The molecule has 3 heterocycles. The van der Waals surface area contributed by atoms with Gasteiger partial charge in [0, 0.05) is 31.6 Å². The predicted molar refractivity (Wildman–Crippen MR) is 120 cm³/mol. The fraction of sp³-hybridized carbons (Fsp3) is 0.583. The summed E-state index contributed by atoms with van der Waals surface area (Å²) in [4.78, 5) is 30.2. The van der Waals surface area contributed by atoms with Gasteiger partial charge in [-0.05, 0) is 63.2 Å². The van der Waals surface area contributed by atoms with E-state index in [4.69, 9.17) is 0 Å². The lowest BCUT2D eigenvalue weighted by Gasteiger charge is -2.33. The van der Waals surface area contributed by atoms with Gasteiger partial charge in [0.1, 0.15) is 11.4 Å². The fourth-order valence-corrected chi connectivity index (χ4v) is 4.74. The molecule has 8 nitrogen and oxygen atoms in total. The lowest BCUT2D eigenvalue weighted by Crippen LogP contribution is -2.42. The smallest absolute Gasteiger partial charge is 0.254 e. The molecule has 2 aromatic rings. The summed E-state index contributed by atoms with van der Waals surface area (Å²) in [6.45, 7) is 6.52. The number of nitrogens with zero attached hydrogens (tertiary/aromatic N) is 4. The zero-order chi connectivity index (χ0) is 22.3. The summed E-state index contributed by atoms with van der Waals surface area (Å²) in [6.07, 6.45) is 6.05. The maximum absolute atomic E-state index is 13.4. The zero-order valence-corrected chi connectivity index (χ0v) is 18.9. The molecule has 32 heavy (non-hydrogen) atoms. The predicted octanol–water partition coefficient (Wildman–Crippen LogP) is 2.92. The van der Waals surface area contributed by atoms with Crippen LogP contribution in [0.2, 0.25) is 0 Å². The lowest BCUT2D eigenvalue weighted by molar-refractivity contribution is -0.122. The van der Waals surface area contributed by atoms with Gasteiger partial charge >= 0.3 is 0 Å². The molecule has 1 unspecified atom stereocenters. The normalized spacial score (nSPS) is 19.7. The highest BCUT2D eigenvalue weighted by Gasteiger charge is 2.27. The Morgan fingerprint density at radius 1 is 1.09 bits per heavy atom. The van der Waals surface area contributed by atoms with Crippen molar-refractivity contribution in [3.8, 4) is 0 Å². The molecule has 0 spiro atoms. The maximum Gasteiger partial charge on any atom is 0.254 e. The van der Waals surface area contributed by atoms with E-state index in [1.807, 2.05) is 23.1 Å². The highest BCUT2D eigenvalue weighted by atomic mass is 16.6. The molecule has 2 aliphatic rings. The number of amides is 2. The Balaban J connectivity index is 1.33. The molecular weight excluding hydrogens is 406 g/mol. The average molecular weight is 440 g/mol. The van der Waals surface area contributed by atoms with Crippen LogP contribution in [-0.4, -0.2) is 58.1 Å². The number of carbonyl (C=O) groups is 2. The first-order chi connectivity index (χ1) is 15.6. The van der Waals surface area contributed by atoms with Crippen LogP contribution in [0.15, 0.2) is 28.9 Å². The molecule has 0 aliphatic carbocycles. The van der Waals surface area contributed by atoms with Gasteiger partial charge < -0.3 is 10.2 Å². The highest BCUT2D eigenvalue weighted by Crippen LogP contribution is 2.23. The molecule has 2 aliphatic heterocycles. The number of hydrogen-bond donors (Lipinski definition) is 1. The summed E-state index contributed by atoms with van der Waals surface area (Å²) in [5.41, 5.74) is 3.24. The fourth-order valence-electron chi connectivity index (χ4n) is 4.74. The van der Waals surface area contributed by atoms with E-state index >= 15 is 0 Å². The van der Waals surface area contributed by atoms with Crippen molar-refractivity contribution in [3.05, 3.63) is 46.8 Å². The third-order valence-electron chi connectivity index (χ3n) is 6.57. The monoisotopic (exact) mass is 439 g/mol. The molecule has 0 bridgehead atoms. The second-order valence-corrected chi connectivity index (χ2v) is 9.03. The van der Waals surface area contributed by atoms with Crippen LogP contribution in [0, 0.1) is 12.8 Å². The molecule has 172 valence electrons. The quantitative estimate of drug-likeness (QED) is 0.713. The van der Waals surface area contributed by atoms with Crippen molar-refractivity contribution >= 4 is 11.8 Å². The third-order valence-corrected chi connectivity index (χ3v) is 6.57. The molecule has 2 fully saturated rings. The van der Waals surface area contributed by atoms with Crippen LogP contribution in [0.1, 0.15) is 65.8 Å². The molecule has 0 radical (unpaired) electrons. The van der Waals surface area contributed by atoms with Crippen LogP contribution < -0.4 is 5.32 Å². The van der Waals surface area contributed by atoms with Gasteiger partial charge in [0.05, 0.1) is 6.54 Å². The van der Waals surface area contributed by atoms with Crippen molar-refractivity contribution < 1.29 is 14.2 Å². The molecule has 8 heteroatoms. The van der Waals surface area contributed by atoms with Crippen LogP contribution in [0.25, 0.3) is 0 Å². The summed E-state index contributed by atoms with van der Waals surface area (Å²) in [5, 5.41) is 10.4. The summed E-state index contributed by atoms with van der Waals surface area (Å²) in [5.74, 6) is 0.225. The van der Waals surface area contributed by atoms with E-state index < -0.39 is 0 Å². The van der Waals surface area contributed by atoms with Crippen LogP contribution in [-0.2, 0) is 17.9 Å². The van der Waals surface area contributed by atoms with E-state index in [9.17, 15) is 9.59 Å². The van der Waals surface area contributed by atoms with E-state index in [1.54, 1.807) is 6.92 Å². The van der Waals surface area contributed by atoms with E-state index in [0.29, 0.717) is 30.9 Å². The van der Waals surface area contributed by atoms with Gasteiger partial charge in [0.15, 0.2) is 0 Å². The number of aryl methyl sites for hydroxylation is 1. The highest BCUT2D eigenvalue weighted by molar-refractivity contribution is 5.95. The van der Waals surface area contributed by atoms with Gasteiger partial charge in [0.25, 0.3) is 5.91 Å². The Hall–Kier alpha value is -2.74. The minimum absolute atomic E-state index is 0.0304. The lowest BCUT2D eigenvalue weighted by atomic mass is 9.93. The van der Waals surface area contributed by atoms with Gasteiger partial charge in [-0.2, -0.15) is 0 Å².